The zero-order valence-electron chi connectivity index (χ0n) is 12.0. The lowest BCUT2D eigenvalue weighted by Crippen LogP contribution is -2.28. The Balaban J connectivity index is 2.03. The van der Waals surface area contributed by atoms with E-state index in [1.807, 2.05) is 0 Å². The molecule has 0 aromatic carbocycles. The van der Waals surface area contributed by atoms with Crippen molar-refractivity contribution in [2.45, 2.75) is 59.9 Å². The minimum atomic E-state index is 0.122. The van der Waals surface area contributed by atoms with Gasteiger partial charge in [0, 0.05) is 29.9 Å². The fourth-order valence-electron chi connectivity index (χ4n) is 3.18. The van der Waals surface area contributed by atoms with E-state index in [1.54, 1.807) is 0 Å². The number of hydrogen-bond acceptors (Lipinski definition) is 1. The molecule has 1 fully saturated rings. The van der Waals surface area contributed by atoms with Crippen LogP contribution in [0.1, 0.15) is 61.8 Å². The number of nitrogens with zero attached hydrogens (tertiary/aromatic N) is 1. The summed E-state index contributed by atoms with van der Waals surface area (Å²) in [6.45, 7) is 10.0. The molecular weight excluding hydrogens is 222 g/mol. The normalized spacial score (nSPS) is 23.9. The first-order valence-electron chi connectivity index (χ1n) is 7.02. The quantitative estimate of drug-likeness (QED) is 0.777. The van der Waals surface area contributed by atoms with Crippen molar-refractivity contribution >= 4 is 5.78 Å². The monoisotopic (exact) mass is 245 g/mol. The zero-order valence-corrected chi connectivity index (χ0v) is 12.0. The van der Waals surface area contributed by atoms with Crippen LogP contribution in [-0.2, 0) is 13.0 Å². The van der Waals surface area contributed by atoms with E-state index in [9.17, 15) is 4.79 Å². The Hall–Kier alpha value is -1.05. The van der Waals surface area contributed by atoms with Crippen LogP contribution >= 0.6 is 0 Å². The number of carbonyl (C=O) groups is 1. The predicted octanol–water partition coefficient (Wildman–Crippen LogP) is 3.75. The largest absolute Gasteiger partial charge is 0.348 e. The van der Waals surface area contributed by atoms with Gasteiger partial charge in [-0.1, -0.05) is 20.8 Å². The molecule has 0 unspecified atom stereocenters. The molecule has 0 aliphatic heterocycles. The van der Waals surface area contributed by atoms with Crippen LogP contribution in [0.2, 0.25) is 0 Å². The van der Waals surface area contributed by atoms with Crippen LogP contribution in [0.3, 0.4) is 0 Å². The first-order chi connectivity index (χ1) is 8.30. The number of Topliss-reactive ketones (excluding diaryl/α,β-unsaturated/α-hetero) is 1. The maximum absolute atomic E-state index is 12.2. The van der Waals surface area contributed by atoms with Gasteiger partial charge in [-0.2, -0.15) is 0 Å². The summed E-state index contributed by atoms with van der Waals surface area (Å²) >= 11 is 0. The van der Waals surface area contributed by atoms with Crippen LogP contribution in [0.15, 0.2) is 6.07 Å². The maximum Gasteiger partial charge on any atom is 0.165 e. The van der Waals surface area contributed by atoms with E-state index in [0.29, 0.717) is 17.6 Å². The molecule has 0 atom stereocenters. The van der Waals surface area contributed by atoms with Crippen molar-refractivity contribution in [3.63, 3.8) is 0 Å². The summed E-state index contributed by atoms with van der Waals surface area (Å²) < 4.78 is 2.42. The Kier molecular flexibility index (Phi) is 2.33. The fraction of sp³-hybridized carbons (Fsp3) is 0.688. The highest BCUT2D eigenvalue weighted by Crippen LogP contribution is 2.47. The lowest BCUT2D eigenvalue weighted by molar-refractivity contribution is 0.0909. The molecule has 0 N–H and O–H groups in total. The number of rotatable bonds is 2. The third kappa shape index (κ3) is 1.92. The Morgan fingerprint density at radius 1 is 1.22 bits per heavy atom. The van der Waals surface area contributed by atoms with Crippen molar-refractivity contribution in [3.05, 3.63) is 23.0 Å². The standard InChI is InChI=1S/C16H23NO/c1-11-7-12-13(8-15(2,3)9-14(12)18)17(11)10-16(4)5-6-16/h7H,5-6,8-10H2,1-4H3. The first kappa shape index (κ1) is 12.0. The predicted molar refractivity (Wildman–Crippen MR) is 72.9 cm³/mol. The van der Waals surface area contributed by atoms with Crippen molar-refractivity contribution in [1.82, 2.24) is 4.57 Å². The molecule has 2 heteroatoms. The van der Waals surface area contributed by atoms with E-state index >= 15 is 0 Å². The van der Waals surface area contributed by atoms with Crippen LogP contribution in [-0.4, -0.2) is 10.4 Å². The van der Waals surface area contributed by atoms with E-state index in [4.69, 9.17) is 0 Å². The molecule has 1 saturated carbocycles. The van der Waals surface area contributed by atoms with E-state index in [1.165, 1.54) is 24.2 Å². The topological polar surface area (TPSA) is 22.0 Å². The average molecular weight is 245 g/mol. The summed E-state index contributed by atoms with van der Waals surface area (Å²) in [5, 5.41) is 0. The lowest BCUT2D eigenvalue weighted by Gasteiger charge is -2.30. The lowest BCUT2D eigenvalue weighted by atomic mass is 9.76. The summed E-state index contributed by atoms with van der Waals surface area (Å²) in [6.07, 6.45) is 4.40. The molecule has 0 radical (unpaired) electrons. The van der Waals surface area contributed by atoms with Gasteiger partial charge in [0.2, 0.25) is 0 Å². The van der Waals surface area contributed by atoms with Crippen LogP contribution in [0.4, 0.5) is 0 Å². The van der Waals surface area contributed by atoms with Gasteiger partial charge in [-0.25, -0.2) is 0 Å². The van der Waals surface area contributed by atoms with E-state index < -0.39 is 0 Å². The average Bonchev–Trinajstić information content (AvgIpc) is 2.88. The molecule has 0 spiro atoms. The third-order valence-corrected chi connectivity index (χ3v) is 4.64. The van der Waals surface area contributed by atoms with Crippen molar-refractivity contribution in [3.8, 4) is 0 Å². The molecule has 2 aliphatic carbocycles. The second-order valence-corrected chi connectivity index (χ2v) is 7.48. The van der Waals surface area contributed by atoms with Gasteiger partial charge in [0.05, 0.1) is 0 Å². The van der Waals surface area contributed by atoms with Crippen LogP contribution < -0.4 is 0 Å². The number of fused-ring (bicyclic) bond motifs is 1. The highest BCUT2D eigenvalue weighted by Gasteiger charge is 2.40. The third-order valence-electron chi connectivity index (χ3n) is 4.64. The molecule has 18 heavy (non-hydrogen) atoms. The molecular formula is C16H23NO. The number of ketones is 1. The van der Waals surface area contributed by atoms with Crippen molar-refractivity contribution < 1.29 is 4.79 Å². The molecule has 0 amide bonds. The Morgan fingerprint density at radius 2 is 1.89 bits per heavy atom. The minimum Gasteiger partial charge on any atom is -0.348 e. The molecule has 2 nitrogen and oxygen atoms in total. The molecule has 2 aliphatic rings. The van der Waals surface area contributed by atoms with E-state index in [2.05, 4.69) is 38.3 Å². The molecule has 3 rings (SSSR count). The number of aryl methyl sites for hydroxylation is 1. The second kappa shape index (κ2) is 3.49. The van der Waals surface area contributed by atoms with Gasteiger partial charge in [0.15, 0.2) is 5.78 Å². The molecule has 0 saturated heterocycles. The van der Waals surface area contributed by atoms with Crippen molar-refractivity contribution in [2.24, 2.45) is 10.8 Å². The number of carbonyl (C=O) groups excluding carboxylic acids is 1. The fourth-order valence-corrected chi connectivity index (χ4v) is 3.18. The summed E-state index contributed by atoms with van der Waals surface area (Å²) in [5.74, 6) is 0.337. The van der Waals surface area contributed by atoms with Crippen molar-refractivity contribution in [2.75, 3.05) is 0 Å². The number of aromatic nitrogens is 1. The molecule has 0 bridgehead atoms. The first-order valence-corrected chi connectivity index (χ1v) is 7.02. The highest BCUT2D eigenvalue weighted by molar-refractivity contribution is 5.99. The van der Waals surface area contributed by atoms with Crippen LogP contribution in [0.25, 0.3) is 0 Å². The maximum atomic E-state index is 12.2. The van der Waals surface area contributed by atoms with Gasteiger partial charge in [-0.15, -0.1) is 0 Å². The van der Waals surface area contributed by atoms with E-state index in [-0.39, 0.29) is 5.41 Å². The van der Waals surface area contributed by atoms with Gasteiger partial charge in [0.1, 0.15) is 0 Å². The molecule has 1 aromatic rings. The smallest absolute Gasteiger partial charge is 0.165 e. The van der Waals surface area contributed by atoms with Gasteiger partial charge < -0.3 is 4.57 Å². The van der Waals surface area contributed by atoms with Crippen LogP contribution in [0.5, 0.6) is 0 Å². The van der Waals surface area contributed by atoms with Crippen molar-refractivity contribution in [1.29, 1.82) is 0 Å². The second-order valence-electron chi connectivity index (χ2n) is 7.48. The summed E-state index contributed by atoms with van der Waals surface area (Å²) in [5.41, 5.74) is 4.16. The van der Waals surface area contributed by atoms with Gasteiger partial charge in [-0.05, 0) is 43.1 Å². The highest BCUT2D eigenvalue weighted by atomic mass is 16.1. The Morgan fingerprint density at radius 3 is 2.50 bits per heavy atom. The van der Waals surface area contributed by atoms with Crippen LogP contribution in [0, 0.1) is 17.8 Å². The number of hydrogen-bond donors (Lipinski definition) is 0. The Bertz CT molecular complexity index is 517. The Labute approximate surface area is 109 Å². The summed E-state index contributed by atoms with van der Waals surface area (Å²) in [6, 6.07) is 2.11. The molecule has 98 valence electrons. The molecule has 1 heterocycles. The SMILES string of the molecule is Cc1cc2c(n1CC1(C)CC1)CC(C)(C)CC2=O. The summed E-state index contributed by atoms with van der Waals surface area (Å²) in [4.78, 5) is 12.2. The van der Waals surface area contributed by atoms with Gasteiger partial charge in [0.25, 0.3) is 0 Å². The zero-order chi connectivity index (χ0) is 13.1. The van der Waals surface area contributed by atoms with E-state index in [0.717, 1.165) is 18.5 Å². The van der Waals surface area contributed by atoms with Gasteiger partial charge in [-0.3, -0.25) is 4.79 Å². The minimum absolute atomic E-state index is 0.122. The van der Waals surface area contributed by atoms with Gasteiger partial charge >= 0.3 is 0 Å². The summed E-state index contributed by atoms with van der Waals surface area (Å²) in [7, 11) is 0. The molecule has 1 aromatic heterocycles.